The summed E-state index contributed by atoms with van der Waals surface area (Å²) in [6.45, 7) is 0. The number of hydrogen-bond donors (Lipinski definition) is 1. The van der Waals surface area contributed by atoms with Gasteiger partial charge in [0.25, 0.3) is 5.91 Å². The quantitative estimate of drug-likeness (QED) is 0.684. The maximum atomic E-state index is 12.3. The summed E-state index contributed by atoms with van der Waals surface area (Å²) in [4.78, 5) is 12.3. The number of carbonyl (C=O) groups excluding carboxylic acids is 1. The minimum Gasteiger partial charge on any atom is -0.349 e. The Kier molecular flexibility index (Phi) is 6.02. The number of amides is 1. The highest BCUT2D eigenvalue weighted by Gasteiger charge is 2.23. The average molecular weight is 454 g/mol. The van der Waals surface area contributed by atoms with E-state index in [1.165, 1.54) is 12.8 Å². The molecule has 1 fully saturated rings. The van der Waals surface area contributed by atoms with Gasteiger partial charge in [-0.3, -0.25) is 4.79 Å². The molecule has 1 N–H and O–H groups in total. The maximum Gasteiger partial charge on any atom is 0.252 e. The molecule has 0 bridgehead atoms. The molecule has 2 rings (SSSR count). The fraction of sp³-hybridized carbons (Fsp3) is 0.500. The Morgan fingerprint density at radius 1 is 1.47 bits per heavy atom. The summed E-state index contributed by atoms with van der Waals surface area (Å²) in [7, 11) is 0. The third-order valence-electron chi connectivity index (χ3n) is 3.47. The molecule has 1 aliphatic carbocycles. The van der Waals surface area contributed by atoms with Gasteiger partial charge in [-0.2, -0.15) is 11.8 Å². The Morgan fingerprint density at radius 2 is 2.26 bits per heavy atom. The SMILES string of the molecule is CSC1CCCC(NC(=O)c2cc(I)ccc2Br)C1. The topological polar surface area (TPSA) is 29.1 Å². The first-order valence-corrected chi connectivity index (χ1v) is 9.55. The zero-order valence-corrected chi connectivity index (χ0v) is 15.3. The maximum absolute atomic E-state index is 12.3. The molecule has 2 unspecified atom stereocenters. The van der Waals surface area contributed by atoms with Crippen LogP contribution in [0.4, 0.5) is 0 Å². The Labute approximate surface area is 140 Å². The van der Waals surface area contributed by atoms with Gasteiger partial charge >= 0.3 is 0 Å². The molecule has 1 aliphatic rings. The van der Waals surface area contributed by atoms with E-state index in [1.54, 1.807) is 0 Å². The van der Waals surface area contributed by atoms with Crippen LogP contribution in [0.15, 0.2) is 22.7 Å². The largest absolute Gasteiger partial charge is 0.349 e. The predicted molar refractivity (Wildman–Crippen MR) is 93.9 cm³/mol. The fourth-order valence-electron chi connectivity index (χ4n) is 2.42. The number of carbonyl (C=O) groups is 1. The van der Waals surface area contributed by atoms with Crippen LogP contribution in [-0.4, -0.2) is 23.5 Å². The van der Waals surface area contributed by atoms with Crippen LogP contribution in [0.3, 0.4) is 0 Å². The van der Waals surface area contributed by atoms with E-state index in [0.717, 1.165) is 26.4 Å². The van der Waals surface area contributed by atoms with Crippen LogP contribution in [-0.2, 0) is 0 Å². The Balaban J connectivity index is 2.02. The molecule has 0 aliphatic heterocycles. The van der Waals surface area contributed by atoms with Gasteiger partial charge in [-0.05, 0) is 82.2 Å². The fourth-order valence-corrected chi connectivity index (χ4v) is 4.17. The van der Waals surface area contributed by atoms with Gasteiger partial charge in [0, 0.05) is 19.3 Å². The summed E-state index contributed by atoms with van der Waals surface area (Å²) in [5.74, 6) is 0.0390. The van der Waals surface area contributed by atoms with Gasteiger partial charge in [0.2, 0.25) is 0 Å². The second kappa shape index (κ2) is 7.31. The first kappa shape index (κ1) is 15.6. The molecule has 19 heavy (non-hydrogen) atoms. The van der Waals surface area contributed by atoms with Crippen LogP contribution in [0.1, 0.15) is 36.0 Å². The van der Waals surface area contributed by atoms with Crippen molar-refractivity contribution in [3.8, 4) is 0 Å². The molecule has 0 spiro atoms. The summed E-state index contributed by atoms with van der Waals surface area (Å²) in [5.41, 5.74) is 0.734. The van der Waals surface area contributed by atoms with Gasteiger partial charge < -0.3 is 5.32 Å². The highest BCUT2D eigenvalue weighted by molar-refractivity contribution is 14.1. The van der Waals surface area contributed by atoms with E-state index in [9.17, 15) is 4.79 Å². The molecule has 0 heterocycles. The van der Waals surface area contributed by atoms with E-state index in [-0.39, 0.29) is 5.91 Å². The van der Waals surface area contributed by atoms with Crippen molar-refractivity contribution < 1.29 is 4.79 Å². The highest BCUT2D eigenvalue weighted by atomic mass is 127. The van der Waals surface area contributed by atoms with Crippen LogP contribution in [0, 0.1) is 3.57 Å². The number of rotatable bonds is 3. The molecule has 2 atom stereocenters. The van der Waals surface area contributed by atoms with E-state index in [2.05, 4.69) is 50.1 Å². The van der Waals surface area contributed by atoms with Crippen LogP contribution >= 0.6 is 50.3 Å². The minimum atomic E-state index is 0.0390. The first-order chi connectivity index (χ1) is 9.10. The van der Waals surface area contributed by atoms with Crippen molar-refractivity contribution in [3.05, 3.63) is 31.8 Å². The van der Waals surface area contributed by atoms with E-state index in [1.807, 2.05) is 30.0 Å². The van der Waals surface area contributed by atoms with Gasteiger partial charge in [0.15, 0.2) is 0 Å². The van der Waals surface area contributed by atoms with Gasteiger partial charge in [-0.15, -0.1) is 0 Å². The summed E-state index contributed by atoms with van der Waals surface area (Å²) < 4.78 is 1.94. The summed E-state index contributed by atoms with van der Waals surface area (Å²) >= 11 is 7.60. The molecule has 5 heteroatoms. The minimum absolute atomic E-state index is 0.0390. The molecule has 104 valence electrons. The number of nitrogens with one attached hydrogen (secondary N) is 1. The molecule has 1 saturated carbocycles. The van der Waals surface area contributed by atoms with Crippen molar-refractivity contribution in [1.29, 1.82) is 0 Å². The lowest BCUT2D eigenvalue weighted by Gasteiger charge is -2.28. The Morgan fingerprint density at radius 3 is 3.00 bits per heavy atom. The van der Waals surface area contributed by atoms with Crippen molar-refractivity contribution in [2.45, 2.75) is 37.0 Å². The first-order valence-electron chi connectivity index (χ1n) is 6.39. The van der Waals surface area contributed by atoms with Gasteiger partial charge in [0.05, 0.1) is 5.56 Å². The molecule has 1 amide bonds. The van der Waals surface area contributed by atoms with Crippen LogP contribution in [0.2, 0.25) is 0 Å². The number of hydrogen-bond acceptors (Lipinski definition) is 2. The van der Waals surface area contributed by atoms with Crippen molar-refractivity contribution in [2.75, 3.05) is 6.26 Å². The second-order valence-electron chi connectivity index (χ2n) is 4.82. The third kappa shape index (κ3) is 4.36. The number of thioether (sulfide) groups is 1. The zero-order chi connectivity index (χ0) is 13.8. The van der Waals surface area contributed by atoms with Crippen molar-refractivity contribution in [3.63, 3.8) is 0 Å². The van der Waals surface area contributed by atoms with Crippen LogP contribution < -0.4 is 5.32 Å². The molecule has 1 aromatic carbocycles. The lowest BCUT2D eigenvalue weighted by atomic mass is 9.94. The van der Waals surface area contributed by atoms with Gasteiger partial charge in [0.1, 0.15) is 0 Å². The molecular weight excluding hydrogens is 437 g/mol. The predicted octanol–water partition coefficient (Wildman–Crippen LogP) is 4.46. The molecule has 0 aromatic heterocycles. The van der Waals surface area contributed by atoms with Gasteiger partial charge in [-0.25, -0.2) is 0 Å². The summed E-state index contributed by atoms with van der Waals surface area (Å²) in [6, 6.07) is 6.17. The summed E-state index contributed by atoms with van der Waals surface area (Å²) in [6.07, 6.45) is 6.84. The summed E-state index contributed by atoms with van der Waals surface area (Å²) in [5, 5.41) is 3.87. The van der Waals surface area contributed by atoms with Gasteiger partial charge in [-0.1, -0.05) is 6.42 Å². The van der Waals surface area contributed by atoms with Crippen LogP contribution in [0.5, 0.6) is 0 Å². The third-order valence-corrected chi connectivity index (χ3v) is 5.92. The second-order valence-corrected chi connectivity index (χ2v) is 8.06. The number of benzene rings is 1. The standard InChI is InChI=1S/C14H17BrINOS/c1-19-11-4-2-3-10(8-11)17-14(18)12-7-9(16)5-6-13(12)15/h5-7,10-11H,2-4,8H2,1H3,(H,17,18). The van der Waals surface area contributed by atoms with Crippen LogP contribution in [0.25, 0.3) is 0 Å². The smallest absolute Gasteiger partial charge is 0.252 e. The molecule has 0 radical (unpaired) electrons. The van der Waals surface area contributed by atoms with E-state index < -0.39 is 0 Å². The molecule has 2 nitrogen and oxygen atoms in total. The normalized spacial score (nSPS) is 23.1. The van der Waals surface area contributed by atoms with Crippen molar-refractivity contribution >= 4 is 56.2 Å². The molecule has 0 saturated heterocycles. The molecule has 1 aromatic rings. The zero-order valence-electron chi connectivity index (χ0n) is 10.8. The number of halogens is 2. The lowest BCUT2D eigenvalue weighted by Crippen LogP contribution is -2.39. The average Bonchev–Trinajstić information content (AvgIpc) is 2.41. The van der Waals surface area contributed by atoms with Crippen molar-refractivity contribution in [1.82, 2.24) is 5.32 Å². The lowest BCUT2D eigenvalue weighted by molar-refractivity contribution is 0.0927. The van der Waals surface area contributed by atoms with E-state index >= 15 is 0 Å². The van der Waals surface area contributed by atoms with Crippen molar-refractivity contribution in [2.24, 2.45) is 0 Å². The monoisotopic (exact) mass is 453 g/mol. The highest BCUT2D eigenvalue weighted by Crippen LogP contribution is 2.27. The Hall–Kier alpha value is 0.250. The molecular formula is C14H17BrINOS. The Bertz CT molecular complexity index is 469. The van der Waals surface area contributed by atoms with E-state index in [0.29, 0.717) is 11.3 Å². The van der Waals surface area contributed by atoms with E-state index in [4.69, 9.17) is 0 Å².